The third kappa shape index (κ3) is 5.40. The molecule has 3 aromatic heterocycles. The monoisotopic (exact) mass is 459 g/mol. The van der Waals surface area contributed by atoms with Gasteiger partial charge in [-0.3, -0.25) is 0 Å². The Morgan fingerprint density at radius 3 is 2.84 bits per heavy atom. The lowest BCUT2D eigenvalue weighted by Crippen LogP contribution is -2.40. The predicted octanol–water partition coefficient (Wildman–Crippen LogP) is 1.81. The van der Waals surface area contributed by atoms with Crippen LogP contribution in [0.25, 0.3) is 22.4 Å². The third-order valence-corrected chi connectivity index (χ3v) is 6.79. The first-order valence-electron chi connectivity index (χ1n) is 10.7. The molecule has 1 saturated heterocycles. The number of fused-ring (bicyclic) bond motifs is 1. The van der Waals surface area contributed by atoms with Gasteiger partial charge in [-0.25, -0.2) is 32.7 Å². The highest BCUT2D eigenvalue weighted by atomic mass is 32.2. The molecule has 3 aromatic rings. The second-order valence-corrected chi connectivity index (χ2v) is 11.0. The van der Waals surface area contributed by atoms with Crippen LogP contribution >= 0.6 is 0 Å². The number of hydrogen-bond acceptors (Lipinski definition) is 8. The van der Waals surface area contributed by atoms with Crippen molar-refractivity contribution in [1.29, 1.82) is 0 Å². The summed E-state index contributed by atoms with van der Waals surface area (Å²) in [6.45, 7) is 4.74. The quantitative estimate of drug-likeness (QED) is 0.486. The summed E-state index contributed by atoms with van der Waals surface area (Å²) in [6.07, 6.45) is 8.78. The van der Waals surface area contributed by atoms with E-state index < -0.39 is 15.6 Å². The second kappa shape index (κ2) is 8.72. The molecular weight excluding hydrogens is 430 g/mol. The summed E-state index contributed by atoms with van der Waals surface area (Å²) >= 11 is 0. The minimum absolute atomic E-state index is 0.137. The largest absolute Gasteiger partial charge is 0.389 e. The average Bonchev–Trinajstić information content (AvgIpc) is 3.19. The number of H-pyrrole nitrogens is 1. The molecule has 0 bridgehead atoms. The molecule has 1 aliphatic rings. The van der Waals surface area contributed by atoms with Crippen molar-refractivity contribution < 1.29 is 13.5 Å². The van der Waals surface area contributed by atoms with E-state index in [1.54, 1.807) is 36.7 Å². The predicted molar refractivity (Wildman–Crippen MR) is 123 cm³/mol. The first kappa shape index (κ1) is 22.6. The lowest BCUT2D eigenvalue weighted by Gasteiger charge is -2.31. The molecule has 0 aromatic carbocycles. The topological polar surface area (TPSA) is 137 Å². The van der Waals surface area contributed by atoms with Crippen LogP contribution in [0.2, 0.25) is 0 Å². The molecule has 172 valence electrons. The van der Waals surface area contributed by atoms with Crippen LogP contribution in [-0.2, 0) is 16.4 Å². The van der Waals surface area contributed by atoms with E-state index in [-0.39, 0.29) is 5.92 Å². The number of nitrogens with one attached hydrogen (secondary N) is 2. The molecular formula is C21H29N7O3S. The van der Waals surface area contributed by atoms with Crippen LogP contribution in [-0.4, -0.2) is 74.2 Å². The van der Waals surface area contributed by atoms with Gasteiger partial charge in [0.15, 0.2) is 5.65 Å². The number of aromatic nitrogens is 5. The Balaban J connectivity index is 1.66. The molecule has 0 aliphatic carbocycles. The minimum Gasteiger partial charge on any atom is -0.389 e. The Morgan fingerprint density at radius 2 is 2.09 bits per heavy atom. The summed E-state index contributed by atoms with van der Waals surface area (Å²) < 4.78 is 25.6. The summed E-state index contributed by atoms with van der Waals surface area (Å²) in [6, 6.07) is 1.86. The number of rotatable bonds is 7. The number of sulfonamides is 1. The molecule has 3 N–H and O–H groups in total. The number of hydrogen-bond donors (Lipinski definition) is 3. The summed E-state index contributed by atoms with van der Waals surface area (Å²) in [5, 5.41) is 13.1. The van der Waals surface area contributed by atoms with Gasteiger partial charge < -0.3 is 15.4 Å². The normalized spacial score (nSPS) is 18.2. The SMILES string of the molecule is CC(C)(O)CNc1ncc(-c2cnc3[nH]ccc3n2)c(C[C@H]2CCCN(S(C)(=O)=O)C2)n1. The fourth-order valence-electron chi connectivity index (χ4n) is 3.90. The fourth-order valence-corrected chi connectivity index (χ4v) is 4.84. The van der Waals surface area contributed by atoms with Crippen molar-refractivity contribution in [3.8, 4) is 11.3 Å². The number of aliphatic hydroxyl groups is 1. The maximum atomic E-state index is 12.1. The third-order valence-electron chi connectivity index (χ3n) is 5.52. The van der Waals surface area contributed by atoms with Crippen molar-refractivity contribution in [2.45, 2.75) is 38.7 Å². The molecule has 32 heavy (non-hydrogen) atoms. The highest BCUT2D eigenvalue weighted by molar-refractivity contribution is 7.88. The van der Waals surface area contributed by atoms with Crippen molar-refractivity contribution in [2.24, 2.45) is 5.92 Å². The van der Waals surface area contributed by atoms with E-state index in [1.807, 2.05) is 6.07 Å². The van der Waals surface area contributed by atoms with Crippen LogP contribution in [0.4, 0.5) is 5.95 Å². The van der Waals surface area contributed by atoms with E-state index in [4.69, 9.17) is 4.98 Å². The lowest BCUT2D eigenvalue weighted by atomic mass is 9.92. The van der Waals surface area contributed by atoms with Crippen LogP contribution in [0.3, 0.4) is 0 Å². The van der Waals surface area contributed by atoms with E-state index in [0.29, 0.717) is 43.3 Å². The van der Waals surface area contributed by atoms with Gasteiger partial charge in [0, 0.05) is 37.6 Å². The Labute approximate surface area is 187 Å². The zero-order valence-electron chi connectivity index (χ0n) is 18.5. The van der Waals surface area contributed by atoms with Gasteiger partial charge in [0.1, 0.15) is 5.52 Å². The van der Waals surface area contributed by atoms with E-state index in [9.17, 15) is 13.5 Å². The summed E-state index contributed by atoms with van der Waals surface area (Å²) in [7, 11) is -3.23. The molecule has 11 heteroatoms. The zero-order chi connectivity index (χ0) is 22.9. The molecule has 0 saturated carbocycles. The molecule has 0 radical (unpaired) electrons. The number of anilines is 1. The molecule has 10 nitrogen and oxygen atoms in total. The van der Waals surface area contributed by atoms with Gasteiger partial charge in [-0.2, -0.15) is 0 Å². The van der Waals surface area contributed by atoms with Gasteiger partial charge in [-0.05, 0) is 45.1 Å². The van der Waals surface area contributed by atoms with E-state index >= 15 is 0 Å². The van der Waals surface area contributed by atoms with E-state index in [1.165, 1.54) is 6.26 Å². The standard InChI is InChI=1S/C21H29N7O3S/c1-21(2,29)13-25-20-24-10-15(18-11-23-19-16(26-18)6-7-22-19)17(27-20)9-14-5-4-8-28(12-14)32(3,30)31/h6-7,10-11,14,29H,4-5,8-9,12-13H2,1-3H3,(H,22,23)(H,24,25,27)/t14-/m1/s1. The maximum Gasteiger partial charge on any atom is 0.222 e. The van der Waals surface area contributed by atoms with Gasteiger partial charge in [-0.15, -0.1) is 0 Å². The Bertz CT molecular complexity index is 1200. The van der Waals surface area contributed by atoms with Crippen LogP contribution in [0.1, 0.15) is 32.4 Å². The van der Waals surface area contributed by atoms with Crippen molar-refractivity contribution >= 4 is 27.1 Å². The van der Waals surface area contributed by atoms with Gasteiger partial charge in [0.05, 0.1) is 29.4 Å². The number of piperidine rings is 1. The van der Waals surface area contributed by atoms with Crippen LogP contribution in [0.15, 0.2) is 24.7 Å². The van der Waals surface area contributed by atoms with Gasteiger partial charge >= 0.3 is 0 Å². The van der Waals surface area contributed by atoms with Gasteiger partial charge in [0.25, 0.3) is 0 Å². The fraction of sp³-hybridized carbons (Fsp3) is 0.524. The van der Waals surface area contributed by atoms with Crippen LogP contribution < -0.4 is 5.32 Å². The molecule has 4 rings (SSSR count). The molecule has 1 atom stereocenters. The highest BCUT2D eigenvalue weighted by Gasteiger charge is 2.27. The van der Waals surface area contributed by atoms with Crippen LogP contribution in [0.5, 0.6) is 0 Å². The van der Waals surface area contributed by atoms with E-state index in [0.717, 1.165) is 29.6 Å². The van der Waals surface area contributed by atoms with Crippen molar-refractivity contribution in [2.75, 3.05) is 31.2 Å². The molecule has 0 unspecified atom stereocenters. The van der Waals surface area contributed by atoms with Crippen molar-refractivity contribution in [1.82, 2.24) is 29.2 Å². The summed E-state index contributed by atoms with van der Waals surface area (Å²) in [5.74, 6) is 0.551. The second-order valence-electron chi connectivity index (χ2n) is 9.02. The number of nitrogens with zero attached hydrogens (tertiary/aromatic N) is 5. The Kier molecular flexibility index (Phi) is 6.15. The highest BCUT2D eigenvalue weighted by Crippen LogP contribution is 2.28. The van der Waals surface area contributed by atoms with Gasteiger partial charge in [-0.1, -0.05) is 0 Å². The molecule has 1 fully saturated rings. The Morgan fingerprint density at radius 1 is 1.28 bits per heavy atom. The minimum atomic E-state index is -3.23. The molecule has 0 spiro atoms. The zero-order valence-corrected chi connectivity index (χ0v) is 19.4. The van der Waals surface area contributed by atoms with Crippen molar-refractivity contribution in [3.63, 3.8) is 0 Å². The lowest BCUT2D eigenvalue weighted by molar-refractivity contribution is 0.0943. The molecule has 1 aliphatic heterocycles. The van der Waals surface area contributed by atoms with Crippen LogP contribution in [0, 0.1) is 5.92 Å². The Hall–Kier alpha value is -2.63. The number of aromatic amines is 1. The van der Waals surface area contributed by atoms with Crippen molar-refractivity contribution in [3.05, 3.63) is 30.4 Å². The average molecular weight is 460 g/mol. The molecule has 0 amide bonds. The maximum absolute atomic E-state index is 12.1. The summed E-state index contributed by atoms with van der Waals surface area (Å²) in [5.41, 5.74) is 2.76. The first-order valence-corrected chi connectivity index (χ1v) is 12.5. The first-order chi connectivity index (χ1) is 15.1. The van der Waals surface area contributed by atoms with Gasteiger partial charge in [0.2, 0.25) is 16.0 Å². The smallest absolute Gasteiger partial charge is 0.222 e. The van der Waals surface area contributed by atoms with E-state index in [2.05, 4.69) is 25.3 Å². The summed E-state index contributed by atoms with van der Waals surface area (Å²) in [4.78, 5) is 21.3. The molecule has 4 heterocycles.